The van der Waals surface area contributed by atoms with E-state index in [0.717, 1.165) is 4.58 Å². The van der Waals surface area contributed by atoms with Gasteiger partial charge >= 0.3 is 0 Å². The van der Waals surface area contributed by atoms with Gasteiger partial charge in [-0.3, -0.25) is 9.59 Å². The minimum absolute atomic E-state index is 0.115. The first-order chi connectivity index (χ1) is 8.02. The van der Waals surface area contributed by atoms with Crippen molar-refractivity contribution in [1.29, 1.82) is 0 Å². The number of aliphatic carboxylic acids is 1. The third-order valence-corrected chi connectivity index (χ3v) is 2.59. The number of carboxylic acids is 1. The fourth-order valence-corrected chi connectivity index (χ4v) is 1.86. The highest BCUT2D eigenvalue weighted by Crippen LogP contribution is 2.01. The van der Waals surface area contributed by atoms with Crippen LogP contribution in [0.3, 0.4) is 0 Å². The van der Waals surface area contributed by atoms with Gasteiger partial charge in [-0.1, -0.05) is 24.3 Å². The van der Waals surface area contributed by atoms with E-state index in [0.29, 0.717) is 10.8 Å². The van der Waals surface area contributed by atoms with Gasteiger partial charge in [0.2, 0.25) is 0 Å². The van der Waals surface area contributed by atoms with Crippen LogP contribution in [-0.2, 0) is 4.79 Å². The standard InChI is InChI=1S/C12H9NO4/c1-13(6-9(14)15)10-11(16)7-4-2-3-5-8(7)12(10)17/h2-5H,6H2,1H3. The summed E-state index contributed by atoms with van der Waals surface area (Å²) in [5.74, 6) is -1.34. The molecule has 0 aliphatic heterocycles. The van der Waals surface area contributed by atoms with E-state index in [2.05, 4.69) is 0 Å². The Kier molecular flexibility index (Phi) is 2.59. The van der Waals surface area contributed by atoms with Crippen LogP contribution in [-0.4, -0.2) is 19.6 Å². The Morgan fingerprint density at radius 1 is 1.18 bits per heavy atom. The number of fused-ring (bicyclic) bond motifs is 1. The molecule has 0 unspecified atom stereocenters. The van der Waals surface area contributed by atoms with Gasteiger partial charge in [0.15, 0.2) is 6.54 Å². The summed E-state index contributed by atoms with van der Waals surface area (Å²) in [6, 6.07) is 6.42. The lowest BCUT2D eigenvalue weighted by atomic mass is 10.2. The highest BCUT2D eigenvalue weighted by molar-refractivity contribution is 5.83. The normalized spacial score (nSPS) is 10.6. The summed E-state index contributed by atoms with van der Waals surface area (Å²) in [5.41, 5.74) is -0.872. The number of hydrogen-bond acceptors (Lipinski definition) is 4. The minimum Gasteiger partial charge on any atom is -0.544 e. The summed E-state index contributed by atoms with van der Waals surface area (Å²) in [6.07, 6.45) is 0. The van der Waals surface area contributed by atoms with Crippen molar-refractivity contribution >= 4 is 16.7 Å². The monoisotopic (exact) mass is 231 g/mol. The van der Waals surface area contributed by atoms with Gasteiger partial charge in [-0.2, -0.15) is 0 Å². The van der Waals surface area contributed by atoms with Gasteiger partial charge in [-0.25, -0.2) is 4.58 Å². The molecule has 0 saturated heterocycles. The van der Waals surface area contributed by atoms with Gasteiger partial charge in [0.25, 0.3) is 16.2 Å². The van der Waals surface area contributed by atoms with Crippen molar-refractivity contribution in [1.82, 2.24) is 4.58 Å². The highest BCUT2D eigenvalue weighted by Gasteiger charge is 2.16. The molecule has 0 radical (unpaired) electrons. The van der Waals surface area contributed by atoms with Crippen molar-refractivity contribution in [2.75, 3.05) is 13.6 Å². The van der Waals surface area contributed by atoms with E-state index in [-0.39, 0.29) is 5.36 Å². The molecular weight excluding hydrogens is 222 g/mol. The fourth-order valence-electron chi connectivity index (χ4n) is 1.86. The average molecular weight is 231 g/mol. The van der Waals surface area contributed by atoms with Gasteiger partial charge in [0.1, 0.15) is 13.0 Å². The Labute approximate surface area is 95.6 Å². The largest absolute Gasteiger partial charge is 0.544 e. The lowest BCUT2D eigenvalue weighted by Crippen LogP contribution is -2.47. The zero-order chi connectivity index (χ0) is 12.6. The highest BCUT2D eigenvalue weighted by atomic mass is 16.4. The predicted molar refractivity (Wildman–Crippen MR) is 59.9 cm³/mol. The van der Waals surface area contributed by atoms with E-state index >= 15 is 0 Å². The predicted octanol–water partition coefficient (Wildman–Crippen LogP) is -2.41. The maximum atomic E-state index is 11.9. The SMILES string of the molecule is C[N+](CC(=O)[O-])=c1c(=O)c2ccccc2c1=O. The summed E-state index contributed by atoms with van der Waals surface area (Å²) in [6.45, 7) is -0.485. The van der Waals surface area contributed by atoms with Crippen LogP contribution in [0, 0.1) is 0 Å². The molecule has 0 spiro atoms. The number of carboxylic acid groups (broad SMARTS) is 1. The van der Waals surface area contributed by atoms with E-state index in [9.17, 15) is 19.5 Å². The number of hydrogen-bond donors (Lipinski definition) is 0. The minimum atomic E-state index is -1.34. The molecule has 0 aliphatic rings. The molecule has 0 N–H and O–H groups in total. The zero-order valence-corrected chi connectivity index (χ0v) is 9.10. The van der Waals surface area contributed by atoms with E-state index in [1.165, 1.54) is 7.05 Å². The molecular formula is C12H9NO4. The molecule has 0 bridgehead atoms. The zero-order valence-electron chi connectivity index (χ0n) is 9.10. The molecule has 0 atom stereocenters. The van der Waals surface area contributed by atoms with Crippen molar-refractivity contribution in [3.8, 4) is 0 Å². The second-order valence-electron chi connectivity index (χ2n) is 3.78. The molecule has 17 heavy (non-hydrogen) atoms. The van der Waals surface area contributed by atoms with E-state index in [1.807, 2.05) is 0 Å². The first-order valence-electron chi connectivity index (χ1n) is 4.98. The summed E-state index contributed by atoms with van der Waals surface area (Å²) >= 11 is 0. The Morgan fingerprint density at radius 3 is 2.06 bits per heavy atom. The molecule has 0 heterocycles. The molecule has 86 valence electrons. The summed E-state index contributed by atoms with van der Waals surface area (Å²) in [7, 11) is 1.38. The van der Waals surface area contributed by atoms with Crippen LogP contribution in [0.1, 0.15) is 0 Å². The maximum absolute atomic E-state index is 11.9. The van der Waals surface area contributed by atoms with Crippen LogP contribution in [0.4, 0.5) is 0 Å². The molecule has 2 aromatic carbocycles. The number of likely N-dealkylation sites (N-methyl/N-ethyl adjacent to an activating group) is 1. The maximum Gasteiger partial charge on any atom is 0.296 e. The average Bonchev–Trinajstić information content (AvgIpc) is 2.51. The van der Waals surface area contributed by atoms with Gasteiger partial charge in [0, 0.05) is 10.8 Å². The molecule has 0 fully saturated rings. The van der Waals surface area contributed by atoms with Crippen LogP contribution < -0.4 is 25.9 Å². The topological polar surface area (TPSA) is 77.3 Å². The van der Waals surface area contributed by atoms with E-state index < -0.39 is 23.4 Å². The van der Waals surface area contributed by atoms with Crippen molar-refractivity contribution in [2.24, 2.45) is 0 Å². The molecule has 0 aromatic heterocycles. The van der Waals surface area contributed by atoms with Crippen molar-refractivity contribution in [3.63, 3.8) is 0 Å². The molecule has 0 saturated carbocycles. The molecule has 5 heteroatoms. The fraction of sp³-hybridized carbons (Fsp3) is 0.167. The van der Waals surface area contributed by atoms with E-state index in [4.69, 9.17) is 0 Å². The van der Waals surface area contributed by atoms with Crippen LogP contribution in [0.15, 0.2) is 33.9 Å². The Morgan fingerprint density at radius 2 is 1.65 bits per heavy atom. The number of rotatable bonds is 2. The van der Waals surface area contributed by atoms with E-state index in [1.54, 1.807) is 24.3 Å². The first-order valence-corrected chi connectivity index (χ1v) is 4.98. The molecule has 0 amide bonds. The summed E-state index contributed by atoms with van der Waals surface area (Å²) in [5, 5.41) is 11.0. The van der Waals surface area contributed by atoms with Gasteiger partial charge in [-0.05, 0) is 0 Å². The smallest absolute Gasteiger partial charge is 0.296 e. The van der Waals surface area contributed by atoms with Gasteiger partial charge < -0.3 is 9.90 Å². The summed E-state index contributed by atoms with van der Waals surface area (Å²) < 4.78 is 1.11. The lowest BCUT2D eigenvalue weighted by molar-refractivity contribution is -0.304. The van der Waals surface area contributed by atoms with Gasteiger partial charge in [-0.15, -0.1) is 0 Å². The van der Waals surface area contributed by atoms with Crippen molar-refractivity contribution in [3.05, 3.63) is 50.1 Å². The third-order valence-electron chi connectivity index (χ3n) is 2.59. The molecule has 0 aliphatic carbocycles. The van der Waals surface area contributed by atoms with Crippen LogP contribution in [0.5, 0.6) is 0 Å². The van der Waals surface area contributed by atoms with Crippen LogP contribution >= 0.6 is 0 Å². The molecule has 2 aromatic rings. The quantitative estimate of drug-likeness (QED) is 0.539. The number of carbonyl (C=O) groups excluding carboxylic acids is 1. The van der Waals surface area contributed by atoms with Crippen LogP contribution in [0.2, 0.25) is 0 Å². The number of nitrogens with zero attached hydrogens (tertiary/aromatic N) is 1. The Hall–Kier alpha value is -2.30. The van der Waals surface area contributed by atoms with Gasteiger partial charge in [0.05, 0.1) is 0 Å². The third kappa shape index (κ3) is 1.75. The van der Waals surface area contributed by atoms with Crippen LogP contribution in [0.25, 0.3) is 10.8 Å². The first kappa shape index (κ1) is 11.2. The molecule has 2 rings (SSSR count). The Bertz CT molecular complexity index is 701. The lowest BCUT2D eigenvalue weighted by Gasteiger charge is -1.95. The number of benzene rings is 1. The van der Waals surface area contributed by atoms with Crippen molar-refractivity contribution < 1.29 is 9.90 Å². The Balaban J connectivity index is 2.93. The summed E-state index contributed by atoms with van der Waals surface area (Å²) in [4.78, 5) is 34.3. The van der Waals surface area contributed by atoms with Crippen molar-refractivity contribution in [2.45, 2.75) is 0 Å². The second kappa shape index (κ2) is 3.93. The second-order valence-corrected chi connectivity index (χ2v) is 3.78. The molecule has 5 nitrogen and oxygen atoms in total. The number of carbonyl (C=O) groups is 1.